The molecule has 8 heteroatoms. The second-order valence-corrected chi connectivity index (χ2v) is 5.97. The van der Waals surface area contributed by atoms with Crippen molar-refractivity contribution in [2.24, 2.45) is 0 Å². The summed E-state index contributed by atoms with van der Waals surface area (Å²) in [6, 6.07) is 8.72. The largest absolute Gasteiger partial charge is 0.507 e. The number of aromatic hydroxyl groups is 1. The summed E-state index contributed by atoms with van der Waals surface area (Å²) >= 11 is 0. The summed E-state index contributed by atoms with van der Waals surface area (Å²) < 4.78 is 0. The predicted molar refractivity (Wildman–Crippen MR) is 87.9 cm³/mol. The molecule has 1 aliphatic rings. The van der Waals surface area contributed by atoms with Gasteiger partial charge in [0.1, 0.15) is 5.75 Å². The Morgan fingerprint density at radius 2 is 1.96 bits per heavy atom. The molecule has 126 valence electrons. The Morgan fingerprint density at radius 1 is 1.20 bits per heavy atom. The number of benzene rings is 1. The van der Waals surface area contributed by atoms with Gasteiger partial charge in [-0.25, -0.2) is 4.79 Å². The molecule has 1 aliphatic heterocycles. The summed E-state index contributed by atoms with van der Waals surface area (Å²) in [6.07, 6.45) is 1.81. The number of nitrogens with zero attached hydrogens (tertiary/aromatic N) is 3. The van der Waals surface area contributed by atoms with Crippen LogP contribution < -0.4 is 0 Å². The van der Waals surface area contributed by atoms with Crippen molar-refractivity contribution >= 4 is 22.9 Å². The molecule has 0 saturated carbocycles. The molecular weight excluding hydrogens is 324 g/mol. The summed E-state index contributed by atoms with van der Waals surface area (Å²) in [5.74, 6) is -2.16. The lowest BCUT2D eigenvalue weighted by Crippen LogP contribution is -2.50. The number of hydrogen-bond acceptors (Lipinski definition) is 5. The predicted octanol–water partition coefficient (Wildman–Crippen LogP) is 1.34. The number of rotatable bonds is 2. The zero-order chi connectivity index (χ0) is 17.6. The van der Waals surface area contributed by atoms with Crippen LogP contribution in [0.15, 0.2) is 36.5 Å². The molecule has 1 saturated heterocycles. The number of carboxylic acids is 1. The lowest BCUT2D eigenvalue weighted by Gasteiger charge is -2.38. The van der Waals surface area contributed by atoms with Crippen molar-refractivity contribution in [1.82, 2.24) is 20.1 Å². The maximum absolute atomic E-state index is 11.4. The van der Waals surface area contributed by atoms with Gasteiger partial charge in [0.2, 0.25) is 0 Å². The second kappa shape index (κ2) is 5.59. The molecular formula is C17H14N4O4. The van der Waals surface area contributed by atoms with E-state index in [4.69, 9.17) is 5.11 Å². The number of phenolic OH excluding ortho intramolecular Hbond substituents is 1. The molecule has 0 bridgehead atoms. The van der Waals surface area contributed by atoms with Gasteiger partial charge in [0.15, 0.2) is 5.65 Å². The van der Waals surface area contributed by atoms with Crippen LogP contribution in [0.2, 0.25) is 0 Å². The number of aromatic nitrogens is 3. The average Bonchev–Trinajstić information content (AvgIpc) is 2.97. The number of amides is 1. The van der Waals surface area contributed by atoms with Gasteiger partial charge in [0.25, 0.3) is 0 Å². The van der Waals surface area contributed by atoms with Gasteiger partial charge in [-0.1, -0.05) is 12.1 Å². The number of nitrogens with one attached hydrogen (secondary N) is 1. The average molecular weight is 338 g/mol. The van der Waals surface area contributed by atoms with E-state index in [9.17, 15) is 14.7 Å². The van der Waals surface area contributed by atoms with Crippen molar-refractivity contribution in [3.8, 4) is 17.0 Å². The number of hydrogen-bond donors (Lipinski definition) is 3. The van der Waals surface area contributed by atoms with E-state index < -0.39 is 11.9 Å². The first-order chi connectivity index (χ1) is 12.0. The Balaban J connectivity index is 1.66. The van der Waals surface area contributed by atoms with E-state index in [1.165, 1.54) is 4.90 Å². The molecule has 0 atom stereocenters. The van der Waals surface area contributed by atoms with E-state index in [0.29, 0.717) is 30.0 Å². The number of para-hydroxylation sites is 1. The second-order valence-electron chi connectivity index (χ2n) is 5.97. The fourth-order valence-electron chi connectivity index (χ4n) is 3.08. The highest BCUT2D eigenvalue weighted by atomic mass is 16.4. The van der Waals surface area contributed by atoms with Gasteiger partial charge in [0.05, 0.1) is 5.69 Å². The molecule has 25 heavy (non-hydrogen) atoms. The standard InChI is InChI=1S/C17H14N4O4/c22-14-4-2-1-3-10(14)13-5-11-12(6-18-15(11)20-19-13)9-7-21(8-9)16(23)17(24)25/h1-6,9,22H,7-8H2,(H,18,20)(H,24,25). The van der Waals surface area contributed by atoms with E-state index in [0.717, 1.165) is 10.9 Å². The first kappa shape index (κ1) is 15.1. The smallest absolute Gasteiger partial charge is 0.394 e. The number of likely N-dealkylation sites (tertiary alicyclic amines) is 1. The van der Waals surface area contributed by atoms with Gasteiger partial charge in [0, 0.05) is 36.2 Å². The van der Waals surface area contributed by atoms with Crippen molar-refractivity contribution < 1.29 is 19.8 Å². The molecule has 8 nitrogen and oxygen atoms in total. The van der Waals surface area contributed by atoms with E-state index in [1.807, 2.05) is 6.07 Å². The van der Waals surface area contributed by atoms with Gasteiger partial charge >= 0.3 is 11.9 Å². The number of carboxylic acid groups (broad SMARTS) is 1. The molecule has 1 aromatic carbocycles. The number of aromatic amines is 1. The molecule has 3 heterocycles. The molecule has 0 radical (unpaired) electrons. The summed E-state index contributed by atoms with van der Waals surface area (Å²) in [4.78, 5) is 26.5. The topological polar surface area (TPSA) is 119 Å². The van der Waals surface area contributed by atoms with Crippen LogP contribution in [0, 0.1) is 0 Å². The highest BCUT2D eigenvalue weighted by Gasteiger charge is 2.36. The van der Waals surface area contributed by atoms with Crippen LogP contribution in [0.25, 0.3) is 22.3 Å². The summed E-state index contributed by atoms with van der Waals surface area (Å²) in [7, 11) is 0. The molecule has 1 amide bonds. The van der Waals surface area contributed by atoms with Gasteiger partial charge in [-0.2, -0.15) is 0 Å². The van der Waals surface area contributed by atoms with E-state index in [-0.39, 0.29) is 11.7 Å². The van der Waals surface area contributed by atoms with Crippen molar-refractivity contribution in [1.29, 1.82) is 0 Å². The quantitative estimate of drug-likeness (QED) is 0.607. The third kappa shape index (κ3) is 2.47. The van der Waals surface area contributed by atoms with Crippen LogP contribution in [-0.4, -0.2) is 55.3 Å². The van der Waals surface area contributed by atoms with Crippen LogP contribution in [0.1, 0.15) is 11.5 Å². The van der Waals surface area contributed by atoms with Crippen LogP contribution in [0.3, 0.4) is 0 Å². The molecule has 3 N–H and O–H groups in total. The Labute approximate surface area is 141 Å². The van der Waals surface area contributed by atoms with Gasteiger partial charge in [-0.15, -0.1) is 10.2 Å². The highest BCUT2D eigenvalue weighted by molar-refractivity contribution is 6.31. The number of phenols is 1. The monoisotopic (exact) mass is 338 g/mol. The molecule has 2 aromatic heterocycles. The van der Waals surface area contributed by atoms with E-state index in [1.54, 1.807) is 30.5 Å². The number of carbonyl (C=O) groups is 2. The number of aliphatic carboxylic acids is 1. The zero-order valence-electron chi connectivity index (χ0n) is 13.0. The molecule has 0 unspecified atom stereocenters. The van der Waals surface area contributed by atoms with E-state index >= 15 is 0 Å². The minimum atomic E-state index is -1.44. The minimum absolute atomic E-state index is 0.0403. The highest BCUT2D eigenvalue weighted by Crippen LogP contribution is 2.34. The molecule has 4 rings (SSSR count). The normalized spacial score (nSPS) is 14.5. The van der Waals surface area contributed by atoms with Crippen molar-refractivity contribution in [3.63, 3.8) is 0 Å². The summed E-state index contributed by atoms with van der Waals surface area (Å²) in [5.41, 5.74) is 2.69. The fraction of sp³-hybridized carbons (Fsp3) is 0.176. The SMILES string of the molecule is O=C(O)C(=O)N1CC(c2c[nH]c3nnc(-c4ccccc4O)cc23)C1. The van der Waals surface area contributed by atoms with Gasteiger partial charge in [-0.05, 0) is 23.8 Å². The van der Waals surface area contributed by atoms with Gasteiger partial charge < -0.3 is 20.1 Å². The Morgan fingerprint density at radius 3 is 2.68 bits per heavy atom. The van der Waals surface area contributed by atoms with Crippen LogP contribution >= 0.6 is 0 Å². The third-order valence-electron chi connectivity index (χ3n) is 4.44. The first-order valence-corrected chi connectivity index (χ1v) is 7.70. The Bertz CT molecular complexity index is 991. The molecule has 3 aromatic rings. The maximum Gasteiger partial charge on any atom is 0.394 e. The number of H-pyrrole nitrogens is 1. The fourth-order valence-corrected chi connectivity index (χ4v) is 3.08. The van der Waals surface area contributed by atoms with Crippen LogP contribution in [0.4, 0.5) is 0 Å². The minimum Gasteiger partial charge on any atom is -0.507 e. The lowest BCUT2D eigenvalue weighted by atomic mass is 9.91. The lowest BCUT2D eigenvalue weighted by molar-refractivity contribution is -0.158. The molecule has 1 fully saturated rings. The van der Waals surface area contributed by atoms with Crippen LogP contribution in [0.5, 0.6) is 5.75 Å². The first-order valence-electron chi connectivity index (χ1n) is 7.70. The van der Waals surface area contributed by atoms with E-state index in [2.05, 4.69) is 15.2 Å². The Kier molecular flexibility index (Phi) is 3.38. The van der Waals surface area contributed by atoms with Crippen molar-refractivity contribution in [3.05, 3.63) is 42.1 Å². The van der Waals surface area contributed by atoms with Gasteiger partial charge in [-0.3, -0.25) is 4.79 Å². The number of fused-ring (bicyclic) bond motifs is 1. The van der Waals surface area contributed by atoms with Crippen molar-refractivity contribution in [2.75, 3.05) is 13.1 Å². The third-order valence-corrected chi connectivity index (χ3v) is 4.44. The zero-order valence-corrected chi connectivity index (χ0v) is 13.0. The summed E-state index contributed by atoms with van der Waals surface area (Å²) in [5, 5.41) is 27.9. The maximum atomic E-state index is 11.4. The molecule has 0 spiro atoms. The Hall–Kier alpha value is -3.42. The van der Waals surface area contributed by atoms with Crippen LogP contribution in [-0.2, 0) is 9.59 Å². The summed E-state index contributed by atoms with van der Waals surface area (Å²) in [6.45, 7) is 0.707. The molecule has 0 aliphatic carbocycles. The van der Waals surface area contributed by atoms with Crippen molar-refractivity contribution in [2.45, 2.75) is 5.92 Å². The number of carbonyl (C=O) groups excluding carboxylic acids is 1.